The fourth-order valence-corrected chi connectivity index (χ4v) is 2.88. The number of nitrogens with zero attached hydrogens (tertiary/aromatic N) is 2. The molecule has 3 nitrogen and oxygen atoms in total. The van der Waals surface area contributed by atoms with Crippen molar-refractivity contribution in [1.29, 1.82) is 0 Å². The van der Waals surface area contributed by atoms with Crippen LogP contribution in [-0.4, -0.2) is 9.97 Å². The van der Waals surface area contributed by atoms with Gasteiger partial charge in [0.05, 0.1) is 10.2 Å². The lowest BCUT2D eigenvalue weighted by molar-refractivity contribution is 0.560. The molecule has 20 heavy (non-hydrogen) atoms. The number of nitrogens with two attached hydrogens (primary N) is 1. The molecule has 0 spiro atoms. The van der Waals surface area contributed by atoms with Crippen LogP contribution in [0.5, 0.6) is 0 Å². The maximum absolute atomic E-state index is 6.18. The average molecular weight is 355 g/mol. The molecule has 0 saturated heterocycles. The summed E-state index contributed by atoms with van der Waals surface area (Å²) in [5.74, 6) is 1.15. The van der Waals surface area contributed by atoms with Gasteiger partial charge in [-0.05, 0) is 27.6 Å². The van der Waals surface area contributed by atoms with E-state index >= 15 is 0 Å². The molecule has 0 saturated carbocycles. The molecule has 0 fully saturated rings. The fourth-order valence-electron chi connectivity index (χ4n) is 1.90. The Hall–Kier alpha value is -1.13. The average Bonchev–Trinajstić information content (AvgIpc) is 2.35. The molecule has 2 rings (SSSR count). The Kier molecular flexibility index (Phi) is 4.35. The van der Waals surface area contributed by atoms with Crippen LogP contribution in [-0.2, 0) is 11.8 Å². The molecular formula is C15H17BrClN3. The molecule has 0 atom stereocenters. The number of benzene rings is 1. The predicted molar refractivity (Wildman–Crippen MR) is 87.1 cm³/mol. The molecule has 1 aromatic heterocycles. The second-order valence-electron chi connectivity index (χ2n) is 5.71. The highest BCUT2D eigenvalue weighted by atomic mass is 79.9. The number of nitrogen functional groups attached to an aromatic ring is 1. The molecule has 1 heterocycles. The molecule has 0 amide bonds. The van der Waals surface area contributed by atoms with Gasteiger partial charge in [0, 0.05) is 16.9 Å². The molecule has 5 heteroatoms. The third-order valence-electron chi connectivity index (χ3n) is 2.94. The van der Waals surface area contributed by atoms with Gasteiger partial charge in [0.25, 0.3) is 0 Å². The highest BCUT2D eigenvalue weighted by molar-refractivity contribution is 9.10. The second kappa shape index (κ2) is 5.70. The summed E-state index contributed by atoms with van der Waals surface area (Å²) < 4.78 is 0.771. The first-order valence-electron chi connectivity index (χ1n) is 6.35. The molecule has 2 N–H and O–H groups in total. The lowest BCUT2D eigenvalue weighted by Gasteiger charge is -2.21. The smallest absolute Gasteiger partial charge is 0.141 e. The van der Waals surface area contributed by atoms with E-state index in [0.29, 0.717) is 18.1 Å². The third kappa shape index (κ3) is 3.30. The first-order chi connectivity index (χ1) is 9.29. The standard InChI is InChI=1S/C15H17BrClN3/c1-15(2,3)13-12(16)14(18)20-11(19-13)8-9-6-4-5-7-10(9)17/h4-7H,8H2,1-3H3,(H2,18,19,20). The third-order valence-corrected chi connectivity index (χ3v) is 4.09. The van der Waals surface area contributed by atoms with Crippen LogP contribution >= 0.6 is 27.5 Å². The van der Waals surface area contributed by atoms with Crippen molar-refractivity contribution in [3.05, 3.63) is 50.8 Å². The van der Waals surface area contributed by atoms with E-state index in [1.54, 1.807) is 0 Å². The number of hydrogen-bond acceptors (Lipinski definition) is 3. The Morgan fingerprint density at radius 2 is 1.85 bits per heavy atom. The van der Waals surface area contributed by atoms with Gasteiger partial charge in [0.15, 0.2) is 0 Å². The van der Waals surface area contributed by atoms with Gasteiger partial charge in [-0.15, -0.1) is 0 Å². The molecular weight excluding hydrogens is 338 g/mol. The highest BCUT2D eigenvalue weighted by Crippen LogP contribution is 2.31. The van der Waals surface area contributed by atoms with Crippen molar-refractivity contribution in [3.63, 3.8) is 0 Å². The maximum atomic E-state index is 6.18. The van der Waals surface area contributed by atoms with Crippen LogP contribution in [0, 0.1) is 0 Å². The van der Waals surface area contributed by atoms with Crippen LogP contribution in [0.4, 0.5) is 5.82 Å². The monoisotopic (exact) mass is 353 g/mol. The molecule has 0 aliphatic rings. The first kappa shape index (κ1) is 15.3. The Bertz CT molecular complexity index is 636. The van der Waals surface area contributed by atoms with Crippen molar-refractivity contribution in [1.82, 2.24) is 9.97 Å². The van der Waals surface area contributed by atoms with E-state index in [1.807, 2.05) is 24.3 Å². The van der Waals surface area contributed by atoms with E-state index in [9.17, 15) is 0 Å². The number of anilines is 1. The minimum Gasteiger partial charge on any atom is -0.383 e. The normalized spacial score (nSPS) is 11.7. The Morgan fingerprint density at radius 3 is 2.45 bits per heavy atom. The molecule has 0 radical (unpaired) electrons. The highest BCUT2D eigenvalue weighted by Gasteiger charge is 2.22. The minimum absolute atomic E-state index is 0.106. The Labute approximate surface area is 132 Å². The summed E-state index contributed by atoms with van der Waals surface area (Å²) in [5, 5.41) is 0.717. The van der Waals surface area contributed by atoms with Crippen molar-refractivity contribution in [2.45, 2.75) is 32.6 Å². The summed E-state index contributed by atoms with van der Waals surface area (Å²) >= 11 is 9.65. The zero-order valence-corrected chi connectivity index (χ0v) is 14.1. The topological polar surface area (TPSA) is 51.8 Å². The number of hydrogen-bond donors (Lipinski definition) is 1. The van der Waals surface area contributed by atoms with Crippen LogP contribution in [0.25, 0.3) is 0 Å². The summed E-state index contributed by atoms with van der Waals surface area (Å²) in [5.41, 5.74) is 7.78. The summed E-state index contributed by atoms with van der Waals surface area (Å²) in [7, 11) is 0. The molecule has 106 valence electrons. The minimum atomic E-state index is -0.106. The van der Waals surface area contributed by atoms with E-state index in [2.05, 4.69) is 46.7 Å². The van der Waals surface area contributed by atoms with E-state index in [4.69, 9.17) is 17.3 Å². The van der Waals surface area contributed by atoms with Gasteiger partial charge in [-0.1, -0.05) is 50.6 Å². The SMILES string of the molecule is CC(C)(C)c1nc(Cc2ccccc2Cl)nc(N)c1Br. The van der Waals surface area contributed by atoms with E-state index in [0.717, 1.165) is 20.8 Å². The van der Waals surface area contributed by atoms with E-state index in [-0.39, 0.29) is 5.41 Å². The molecule has 1 aromatic carbocycles. The lowest BCUT2D eigenvalue weighted by Crippen LogP contribution is -2.18. The number of aromatic nitrogens is 2. The fraction of sp³-hybridized carbons (Fsp3) is 0.333. The summed E-state index contributed by atoms with van der Waals surface area (Å²) in [4.78, 5) is 8.99. The Morgan fingerprint density at radius 1 is 1.20 bits per heavy atom. The summed E-state index contributed by atoms with van der Waals surface area (Å²) in [6.45, 7) is 6.29. The zero-order chi connectivity index (χ0) is 14.9. The maximum Gasteiger partial charge on any atom is 0.141 e. The van der Waals surface area contributed by atoms with Gasteiger partial charge >= 0.3 is 0 Å². The Balaban J connectivity index is 2.44. The van der Waals surface area contributed by atoms with Crippen molar-refractivity contribution in [3.8, 4) is 0 Å². The lowest BCUT2D eigenvalue weighted by atomic mass is 9.92. The van der Waals surface area contributed by atoms with Crippen LogP contribution in [0.3, 0.4) is 0 Å². The second-order valence-corrected chi connectivity index (χ2v) is 6.91. The van der Waals surface area contributed by atoms with Gasteiger partial charge in [-0.3, -0.25) is 0 Å². The largest absolute Gasteiger partial charge is 0.383 e. The van der Waals surface area contributed by atoms with E-state index < -0.39 is 0 Å². The van der Waals surface area contributed by atoms with Crippen molar-refractivity contribution < 1.29 is 0 Å². The van der Waals surface area contributed by atoms with Crippen molar-refractivity contribution in [2.75, 3.05) is 5.73 Å². The van der Waals surface area contributed by atoms with E-state index in [1.165, 1.54) is 0 Å². The van der Waals surface area contributed by atoms with Crippen LogP contribution in [0.1, 0.15) is 37.9 Å². The van der Waals surface area contributed by atoms with Crippen LogP contribution in [0.15, 0.2) is 28.7 Å². The quantitative estimate of drug-likeness (QED) is 0.871. The molecule has 0 aliphatic heterocycles. The van der Waals surface area contributed by atoms with Crippen molar-refractivity contribution >= 4 is 33.3 Å². The molecule has 0 unspecified atom stereocenters. The van der Waals surface area contributed by atoms with Crippen molar-refractivity contribution in [2.24, 2.45) is 0 Å². The number of halogens is 2. The van der Waals surface area contributed by atoms with Gasteiger partial charge in [-0.25, -0.2) is 9.97 Å². The van der Waals surface area contributed by atoms with Gasteiger partial charge in [-0.2, -0.15) is 0 Å². The van der Waals surface area contributed by atoms with Crippen LogP contribution < -0.4 is 5.73 Å². The predicted octanol–water partition coefficient (Wildman–Crippen LogP) is 4.36. The first-order valence-corrected chi connectivity index (χ1v) is 7.52. The molecule has 0 bridgehead atoms. The van der Waals surface area contributed by atoms with Gasteiger partial charge in [0.1, 0.15) is 11.6 Å². The summed E-state index contributed by atoms with van der Waals surface area (Å²) in [6.07, 6.45) is 0.570. The van der Waals surface area contributed by atoms with Crippen LogP contribution in [0.2, 0.25) is 5.02 Å². The molecule has 0 aliphatic carbocycles. The zero-order valence-electron chi connectivity index (χ0n) is 11.7. The number of rotatable bonds is 2. The van der Waals surface area contributed by atoms with Gasteiger partial charge in [0.2, 0.25) is 0 Å². The van der Waals surface area contributed by atoms with Gasteiger partial charge < -0.3 is 5.73 Å². The molecule has 2 aromatic rings. The summed E-state index contributed by atoms with van der Waals surface area (Å²) in [6, 6.07) is 7.70.